The van der Waals surface area contributed by atoms with Crippen LogP contribution in [0.1, 0.15) is 31.2 Å². The highest BCUT2D eigenvalue weighted by Crippen LogP contribution is 2.38. The average Bonchev–Trinajstić information content (AvgIpc) is 3.50. The molecule has 3 N–H and O–H groups in total. The number of benzene rings is 2. The molecule has 0 bridgehead atoms. The lowest BCUT2D eigenvalue weighted by molar-refractivity contribution is 0.314. The highest BCUT2D eigenvalue weighted by Gasteiger charge is 2.28. The number of hydrogen-bond donors (Lipinski definition) is 2. The summed E-state index contributed by atoms with van der Waals surface area (Å²) < 4.78 is 4.91. The zero-order valence-electron chi connectivity index (χ0n) is 19.3. The van der Waals surface area contributed by atoms with Crippen molar-refractivity contribution in [3.8, 4) is 11.5 Å². The van der Waals surface area contributed by atoms with Gasteiger partial charge in [0.1, 0.15) is 4.99 Å². The molecule has 4 heterocycles. The lowest BCUT2D eigenvalue weighted by Crippen LogP contribution is -2.45. The van der Waals surface area contributed by atoms with Crippen LogP contribution in [0.5, 0.6) is 0 Å². The number of aromatic nitrogens is 3. The molecule has 2 aliphatic heterocycles. The van der Waals surface area contributed by atoms with Gasteiger partial charge in [0, 0.05) is 55.2 Å². The number of hydrogen-bond acceptors (Lipinski definition) is 4. The van der Waals surface area contributed by atoms with E-state index in [0.29, 0.717) is 0 Å². The molecule has 0 amide bonds. The quantitative estimate of drug-likeness (QED) is 0.427. The van der Waals surface area contributed by atoms with Crippen molar-refractivity contribution in [1.82, 2.24) is 19.0 Å². The van der Waals surface area contributed by atoms with Crippen LogP contribution in [0.3, 0.4) is 0 Å². The first kappa shape index (κ1) is 20.5. The van der Waals surface area contributed by atoms with E-state index in [1.807, 2.05) is 0 Å². The van der Waals surface area contributed by atoms with Crippen molar-refractivity contribution in [2.24, 2.45) is 11.7 Å². The van der Waals surface area contributed by atoms with Crippen LogP contribution in [-0.4, -0.2) is 49.7 Å². The third-order valence-corrected chi connectivity index (χ3v) is 8.16. The largest absolute Gasteiger partial charge is 0.381 e. The van der Waals surface area contributed by atoms with E-state index in [1.54, 1.807) is 0 Å². The van der Waals surface area contributed by atoms with E-state index < -0.39 is 0 Å². The third kappa shape index (κ3) is 3.33. The number of nitrogens with two attached hydrogens (primary N) is 1. The molecule has 1 aliphatic carbocycles. The number of likely N-dealkylation sites (tertiary alicyclic amines) is 1. The summed E-state index contributed by atoms with van der Waals surface area (Å²) in [7, 11) is 0. The molecule has 34 heavy (non-hydrogen) atoms. The molecular weight excluding hydrogens is 440 g/mol. The molecular formula is C27H30N6S. The van der Waals surface area contributed by atoms with E-state index in [0.717, 1.165) is 79.1 Å². The second kappa shape index (κ2) is 7.82. The third-order valence-electron chi connectivity index (χ3n) is 7.66. The Balaban J connectivity index is 1.36. The summed E-state index contributed by atoms with van der Waals surface area (Å²) >= 11 is 5.94. The zero-order valence-corrected chi connectivity index (χ0v) is 20.2. The molecule has 4 aromatic rings. The molecule has 7 heteroatoms. The first-order chi connectivity index (χ1) is 16.7. The van der Waals surface area contributed by atoms with Crippen molar-refractivity contribution in [2.75, 3.05) is 25.0 Å². The number of piperidine rings is 1. The van der Waals surface area contributed by atoms with Gasteiger partial charge in [-0.25, -0.2) is 4.98 Å². The van der Waals surface area contributed by atoms with Gasteiger partial charge >= 0.3 is 0 Å². The van der Waals surface area contributed by atoms with Crippen molar-refractivity contribution in [3.63, 3.8) is 0 Å². The summed E-state index contributed by atoms with van der Waals surface area (Å²) in [4.78, 5) is 8.40. The van der Waals surface area contributed by atoms with Crippen molar-refractivity contribution < 1.29 is 0 Å². The maximum absolute atomic E-state index is 6.24. The Morgan fingerprint density at radius 2 is 2.00 bits per heavy atom. The minimum Gasteiger partial charge on any atom is -0.381 e. The van der Waals surface area contributed by atoms with Gasteiger partial charge in [-0.1, -0.05) is 30.4 Å². The molecule has 174 valence electrons. The molecule has 2 aromatic heterocycles. The van der Waals surface area contributed by atoms with Crippen LogP contribution in [0.4, 0.5) is 5.69 Å². The molecule has 0 unspecified atom stereocenters. The number of thiocarbonyl (C=S) groups is 1. The van der Waals surface area contributed by atoms with Crippen molar-refractivity contribution >= 4 is 44.8 Å². The Morgan fingerprint density at radius 1 is 1.12 bits per heavy atom. The van der Waals surface area contributed by atoms with E-state index in [2.05, 4.69) is 61.8 Å². The molecule has 1 saturated heterocycles. The van der Waals surface area contributed by atoms with Crippen LogP contribution in [0.15, 0.2) is 42.5 Å². The van der Waals surface area contributed by atoms with Crippen LogP contribution < -0.4 is 11.1 Å². The molecule has 0 radical (unpaired) electrons. The molecule has 6 nitrogen and oxygen atoms in total. The van der Waals surface area contributed by atoms with Gasteiger partial charge in [0.05, 0.1) is 22.4 Å². The standard InChI is InChI=1S/C27H30N6S/c28-20-5-3-10-31(16-20)27(34)19-12-21-25-22(13-19)30-26(32(25)11-9-29-21)24-14-18-4-1-2-6-23(18)33(24)15-17-7-8-17/h1-2,4,6,12-14,17,20,29H,3,5,7-11,15-16,28H2/t20-/m1/s1. The summed E-state index contributed by atoms with van der Waals surface area (Å²) in [5.74, 6) is 1.86. The van der Waals surface area contributed by atoms with Gasteiger partial charge in [0.2, 0.25) is 0 Å². The first-order valence-corrected chi connectivity index (χ1v) is 13.0. The van der Waals surface area contributed by atoms with Gasteiger partial charge in [-0.3, -0.25) is 0 Å². The zero-order chi connectivity index (χ0) is 22.8. The van der Waals surface area contributed by atoms with Gasteiger partial charge in [0.15, 0.2) is 5.82 Å². The van der Waals surface area contributed by atoms with E-state index >= 15 is 0 Å². The van der Waals surface area contributed by atoms with E-state index in [4.69, 9.17) is 22.9 Å². The second-order valence-electron chi connectivity index (χ2n) is 10.2. The maximum Gasteiger partial charge on any atom is 0.157 e. The van der Waals surface area contributed by atoms with E-state index in [-0.39, 0.29) is 6.04 Å². The average molecular weight is 471 g/mol. The van der Waals surface area contributed by atoms with Gasteiger partial charge in [0.25, 0.3) is 0 Å². The van der Waals surface area contributed by atoms with E-state index in [1.165, 1.54) is 35.0 Å². The van der Waals surface area contributed by atoms with Crippen molar-refractivity contribution in [1.29, 1.82) is 0 Å². The first-order valence-electron chi connectivity index (χ1n) is 12.6. The van der Waals surface area contributed by atoms with Crippen LogP contribution in [0, 0.1) is 5.92 Å². The van der Waals surface area contributed by atoms with Gasteiger partial charge in [-0.05, 0) is 55.9 Å². The highest BCUT2D eigenvalue weighted by molar-refractivity contribution is 7.80. The summed E-state index contributed by atoms with van der Waals surface area (Å²) in [5.41, 5.74) is 13.2. The number of rotatable bonds is 4. The van der Waals surface area contributed by atoms with Crippen LogP contribution >= 0.6 is 12.2 Å². The lowest BCUT2D eigenvalue weighted by Gasteiger charge is -2.33. The fourth-order valence-electron chi connectivity index (χ4n) is 5.77. The number of nitrogens with zero attached hydrogens (tertiary/aromatic N) is 4. The summed E-state index contributed by atoms with van der Waals surface area (Å²) in [5, 5.41) is 4.90. The molecule has 0 spiro atoms. The van der Waals surface area contributed by atoms with Crippen LogP contribution in [0.2, 0.25) is 0 Å². The highest BCUT2D eigenvalue weighted by atomic mass is 32.1. The molecule has 2 fully saturated rings. The summed E-state index contributed by atoms with van der Waals surface area (Å²) in [6, 6.07) is 15.6. The Bertz CT molecular complexity index is 1430. The van der Waals surface area contributed by atoms with E-state index in [9.17, 15) is 0 Å². The number of imidazole rings is 1. The number of nitrogens with one attached hydrogen (secondary N) is 1. The van der Waals surface area contributed by atoms with Crippen molar-refractivity contribution in [2.45, 2.75) is 44.8 Å². The maximum atomic E-state index is 6.24. The van der Waals surface area contributed by atoms with Crippen LogP contribution in [-0.2, 0) is 13.1 Å². The van der Waals surface area contributed by atoms with Crippen molar-refractivity contribution in [3.05, 3.63) is 48.0 Å². The molecule has 1 atom stereocenters. The topological polar surface area (TPSA) is 64.0 Å². The number of anilines is 1. The Morgan fingerprint density at radius 3 is 2.85 bits per heavy atom. The summed E-state index contributed by atoms with van der Waals surface area (Å²) in [6.07, 6.45) is 4.83. The number of para-hydroxylation sites is 1. The minimum atomic E-state index is 0.200. The predicted molar refractivity (Wildman–Crippen MR) is 142 cm³/mol. The Kier molecular flexibility index (Phi) is 4.71. The normalized spacial score (nSPS) is 20.1. The van der Waals surface area contributed by atoms with Crippen LogP contribution in [0.25, 0.3) is 33.5 Å². The smallest absolute Gasteiger partial charge is 0.157 e. The monoisotopic (exact) mass is 470 g/mol. The second-order valence-corrected chi connectivity index (χ2v) is 10.6. The molecule has 3 aliphatic rings. The molecule has 2 aromatic carbocycles. The fourth-order valence-corrected chi connectivity index (χ4v) is 6.05. The SMILES string of the molecule is N[C@@H]1CCCN(C(=S)c2cc3c4c(c2)nc(-c2cc5ccccc5n2CC2CC2)n4CCN3)C1. The fraction of sp³-hybridized carbons (Fsp3) is 0.407. The van der Waals surface area contributed by atoms with Gasteiger partial charge < -0.3 is 25.1 Å². The Labute approximate surface area is 204 Å². The molecule has 1 saturated carbocycles. The lowest BCUT2D eigenvalue weighted by atomic mass is 10.0. The molecule has 7 rings (SSSR count). The summed E-state index contributed by atoms with van der Waals surface area (Å²) in [6.45, 7) is 4.68. The van der Waals surface area contributed by atoms with Gasteiger partial charge in [-0.2, -0.15) is 0 Å². The number of fused-ring (bicyclic) bond motifs is 1. The minimum absolute atomic E-state index is 0.200. The Hall–Kier alpha value is -2.90. The van der Waals surface area contributed by atoms with Gasteiger partial charge in [-0.15, -0.1) is 0 Å². The predicted octanol–water partition coefficient (Wildman–Crippen LogP) is 4.59.